The number of aliphatic hydroxyl groups excluding tert-OH is 1. The van der Waals surface area contributed by atoms with Crippen LogP contribution in [-0.4, -0.2) is 71.7 Å². The minimum absolute atomic E-state index is 0.00572. The van der Waals surface area contributed by atoms with Crippen LogP contribution in [0.2, 0.25) is 0 Å². The van der Waals surface area contributed by atoms with Gasteiger partial charge >= 0.3 is 5.97 Å². The lowest BCUT2D eigenvalue weighted by Gasteiger charge is -2.44. The molecule has 0 unspecified atom stereocenters. The standard InChI is InChI=1S/C38H46N2O8/c1-26-33(24-40-19-17-38(18-20-40)45-21-22-46-38)47-37(48-36(26)29-11-9-27(25-41)10-12-29)30-15-13-28(14-16-30)32-6-3-2-5-31(32)23-39-34(42)7-4-8-35(43)44/h2-3,5-6,9-16,26,33,36-37,41H,4,7-8,17-25H2,1H3,(H,39,42)(H,43,44)/t26-,33+,36+,37+/m0/s1. The molecule has 3 aromatic carbocycles. The van der Waals surface area contributed by atoms with Crippen LogP contribution in [0, 0.1) is 5.92 Å². The molecule has 10 heteroatoms. The van der Waals surface area contributed by atoms with E-state index in [2.05, 4.69) is 29.3 Å². The first kappa shape index (κ1) is 34.2. The first-order valence-corrected chi connectivity index (χ1v) is 17.0. The molecule has 3 heterocycles. The quantitative estimate of drug-likeness (QED) is 0.236. The summed E-state index contributed by atoms with van der Waals surface area (Å²) in [5.41, 5.74) is 5.82. The number of carbonyl (C=O) groups excluding carboxylic acids is 1. The molecule has 0 radical (unpaired) electrons. The third-order valence-corrected chi connectivity index (χ3v) is 9.77. The van der Waals surface area contributed by atoms with Crippen LogP contribution < -0.4 is 5.32 Å². The smallest absolute Gasteiger partial charge is 0.303 e. The predicted molar refractivity (Wildman–Crippen MR) is 178 cm³/mol. The molecule has 3 aliphatic heterocycles. The van der Waals surface area contributed by atoms with E-state index in [1.807, 2.05) is 60.7 Å². The second-order valence-electron chi connectivity index (χ2n) is 13.0. The number of nitrogens with zero attached hydrogens (tertiary/aromatic N) is 1. The van der Waals surface area contributed by atoms with Gasteiger partial charge in [-0.15, -0.1) is 0 Å². The van der Waals surface area contributed by atoms with Gasteiger partial charge in [-0.1, -0.05) is 79.7 Å². The molecule has 3 saturated heterocycles. The molecular formula is C38H46N2O8. The number of aliphatic hydroxyl groups is 1. The van der Waals surface area contributed by atoms with Gasteiger partial charge in [0.05, 0.1) is 32.0 Å². The second-order valence-corrected chi connectivity index (χ2v) is 13.0. The van der Waals surface area contributed by atoms with E-state index in [1.165, 1.54) is 0 Å². The molecule has 48 heavy (non-hydrogen) atoms. The van der Waals surface area contributed by atoms with Crippen molar-refractivity contribution >= 4 is 11.9 Å². The summed E-state index contributed by atoms with van der Waals surface area (Å²) in [5, 5.41) is 21.4. The van der Waals surface area contributed by atoms with E-state index in [9.17, 15) is 14.7 Å². The van der Waals surface area contributed by atoms with Gasteiger partial charge in [0.2, 0.25) is 5.91 Å². The van der Waals surface area contributed by atoms with Gasteiger partial charge < -0.3 is 39.4 Å². The maximum absolute atomic E-state index is 12.3. The van der Waals surface area contributed by atoms with Crippen LogP contribution in [0.25, 0.3) is 11.1 Å². The minimum Gasteiger partial charge on any atom is -0.481 e. The summed E-state index contributed by atoms with van der Waals surface area (Å²) >= 11 is 0. The van der Waals surface area contributed by atoms with Crippen molar-refractivity contribution in [1.82, 2.24) is 10.2 Å². The molecule has 6 rings (SSSR count). The van der Waals surface area contributed by atoms with E-state index in [0.717, 1.165) is 65.9 Å². The topological polar surface area (TPSA) is 127 Å². The van der Waals surface area contributed by atoms with Crippen molar-refractivity contribution in [3.8, 4) is 11.1 Å². The summed E-state index contributed by atoms with van der Waals surface area (Å²) in [6.45, 7) is 6.39. The van der Waals surface area contributed by atoms with Crippen molar-refractivity contribution in [2.24, 2.45) is 5.92 Å². The molecular weight excluding hydrogens is 612 g/mol. The largest absolute Gasteiger partial charge is 0.481 e. The number of hydrogen-bond acceptors (Lipinski definition) is 8. The number of piperidine rings is 1. The fourth-order valence-electron chi connectivity index (χ4n) is 6.90. The van der Waals surface area contributed by atoms with Crippen molar-refractivity contribution in [1.29, 1.82) is 0 Å². The zero-order valence-electron chi connectivity index (χ0n) is 27.5. The highest BCUT2D eigenvalue weighted by Crippen LogP contribution is 2.43. The number of amides is 1. The molecule has 1 amide bonds. The highest BCUT2D eigenvalue weighted by atomic mass is 16.7. The van der Waals surface area contributed by atoms with Crippen molar-refractivity contribution < 1.29 is 38.7 Å². The SMILES string of the molecule is C[C@H]1[C@@H](CN2CCC3(CC2)OCCO3)O[C@@H](c2ccc(-c3ccccc3CNC(=O)CCCC(=O)O)cc2)O[C@H]1c1ccc(CO)cc1. The fourth-order valence-corrected chi connectivity index (χ4v) is 6.90. The van der Waals surface area contributed by atoms with E-state index in [-0.39, 0.29) is 43.5 Å². The summed E-state index contributed by atoms with van der Waals surface area (Å²) in [6.07, 6.45) is 1.31. The molecule has 0 aliphatic carbocycles. The number of likely N-dealkylation sites (tertiary alicyclic amines) is 1. The van der Waals surface area contributed by atoms with E-state index in [4.69, 9.17) is 24.1 Å². The van der Waals surface area contributed by atoms with Crippen molar-refractivity contribution in [3.63, 3.8) is 0 Å². The van der Waals surface area contributed by atoms with E-state index in [0.29, 0.717) is 26.2 Å². The molecule has 0 aromatic heterocycles. The average molecular weight is 659 g/mol. The zero-order chi connectivity index (χ0) is 33.5. The van der Waals surface area contributed by atoms with Gasteiger partial charge in [-0.2, -0.15) is 0 Å². The molecule has 0 bridgehead atoms. The highest BCUT2D eigenvalue weighted by molar-refractivity contribution is 5.77. The lowest BCUT2D eigenvalue weighted by Crippen LogP contribution is -2.50. The van der Waals surface area contributed by atoms with E-state index in [1.54, 1.807) is 0 Å². The molecule has 1 spiro atoms. The van der Waals surface area contributed by atoms with Crippen LogP contribution in [0.4, 0.5) is 0 Å². The van der Waals surface area contributed by atoms with Crippen LogP contribution >= 0.6 is 0 Å². The number of rotatable bonds is 12. The molecule has 3 N–H and O–H groups in total. The van der Waals surface area contributed by atoms with Crippen LogP contribution in [-0.2, 0) is 41.7 Å². The summed E-state index contributed by atoms with van der Waals surface area (Å²) in [4.78, 5) is 25.5. The number of carboxylic acids is 1. The molecule has 3 aliphatic rings. The summed E-state index contributed by atoms with van der Waals surface area (Å²) in [6, 6.07) is 24.1. The average Bonchev–Trinajstić information content (AvgIpc) is 3.57. The fraction of sp³-hybridized carbons (Fsp3) is 0.474. The molecule has 10 nitrogen and oxygen atoms in total. The van der Waals surface area contributed by atoms with Gasteiger partial charge in [0.25, 0.3) is 0 Å². The van der Waals surface area contributed by atoms with Crippen molar-refractivity contribution in [3.05, 3.63) is 95.1 Å². The van der Waals surface area contributed by atoms with E-state index < -0.39 is 18.0 Å². The van der Waals surface area contributed by atoms with Crippen LogP contribution in [0.3, 0.4) is 0 Å². The van der Waals surface area contributed by atoms with Crippen molar-refractivity contribution in [2.75, 3.05) is 32.8 Å². The summed E-state index contributed by atoms with van der Waals surface area (Å²) in [7, 11) is 0. The van der Waals surface area contributed by atoms with Gasteiger partial charge in [0, 0.05) is 63.3 Å². The molecule has 256 valence electrons. The van der Waals surface area contributed by atoms with Crippen LogP contribution in [0.15, 0.2) is 72.8 Å². The zero-order valence-corrected chi connectivity index (χ0v) is 27.5. The second kappa shape index (κ2) is 15.7. The highest BCUT2D eigenvalue weighted by Gasteiger charge is 2.43. The Balaban J connectivity index is 1.16. The Morgan fingerprint density at radius 2 is 1.58 bits per heavy atom. The Labute approximate surface area is 282 Å². The van der Waals surface area contributed by atoms with Gasteiger partial charge in [-0.25, -0.2) is 0 Å². The number of nitrogens with one attached hydrogen (secondary N) is 1. The molecule has 4 atom stereocenters. The maximum Gasteiger partial charge on any atom is 0.303 e. The Hall–Kier alpha value is -3.64. The first-order valence-electron chi connectivity index (χ1n) is 17.0. The number of hydrogen-bond donors (Lipinski definition) is 3. The molecule has 3 fully saturated rings. The number of ether oxygens (including phenoxy) is 4. The van der Waals surface area contributed by atoms with Crippen LogP contribution in [0.5, 0.6) is 0 Å². The summed E-state index contributed by atoms with van der Waals surface area (Å²) < 4.78 is 25.3. The van der Waals surface area contributed by atoms with Gasteiger partial charge in [-0.05, 0) is 34.2 Å². The Bertz CT molecular complexity index is 1510. The number of aliphatic carboxylic acids is 1. The lowest BCUT2D eigenvalue weighted by molar-refractivity contribution is -0.278. The van der Waals surface area contributed by atoms with Gasteiger partial charge in [0.1, 0.15) is 0 Å². The Kier molecular flexibility index (Phi) is 11.2. The minimum atomic E-state index is -0.900. The molecule has 3 aromatic rings. The Morgan fingerprint density at radius 3 is 2.27 bits per heavy atom. The van der Waals surface area contributed by atoms with Crippen LogP contribution in [0.1, 0.15) is 73.7 Å². The van der Waals surface area contributed by atoms with Crippen molar-refractivity contribution in [2.45, 2.75) is 76.5 Å². The summed E-state index contributed by atoms with van der Waals surface area (Å²) in [5.74, 6) is -1.40. The van der Waals surface area contributed by atoms with Gasteiger partial charge in [-0.3, -0.25) is 9.59 Å². The number of carbonyl (C=O) groups is 2. The Morgan fingerprint density at radius 1 is 0.896 bits per heavy atom. The third-order valence-electron chi connectivity index (χ3n) is 9.77. The first-order chi connectivity index (χ1) is 23.3. The predicted octanol–water partition coefficient (Wildman–Crippen LogP) is 5.35. The third kappa shape index (κ3) is 8.31. The number of carboxylic acid groups (broad SMARTS) is 1. The maximum atomic E-state index is 12.3. The molecule has 0 saturated carbocycles. The van der Waals surface area contributed by atoms with E-state index >= 15 is 0 Å². The monoisotopic (exact) mass is 658 g/mol. The number of benzene rings is 3. The van der Waals surface area contributed by atoms with Gasteiger partial charge in [0.15, 0.2) is 12.1 Å². The normalized spacial score (nSPS) is 24.0. The lowest BCUT2D eigenvalue weighted by atomic mass is 9.89.